The number of benzene rings is 1. The van der Waals surface area contributed by atoms with Crippen LogP contribution < -0.4 is 4.74 Å². The summed E-state index contributed by atoms with van der Waals surface area (Å²) < 4.78 is 28.4. The van der Waals surface area contributed by atoms with Crippen molar-refractivity contribution in [2.45, 2.75) is 19.1 Å². The first-order chi connectivity index (χ1) is 8.65. The van der Waals surface area contributed by atoms with E-state index >= 15 is 0 Å². The Balaban J connectivity index is 2.07. The van der Waals surface area contributed by atoms with Crippen molar-refractivity contribution in [1.82, 2.24) is 4.98 Å². The highest BCUT2D eigenvalue weighted by Gasteiger charge is 2.12. The van der Waals surface area contributed by atoms with Crippen LogP contribution in [0.15, 0.2) is 36.0 Å². The molecule has 1 aromatic heterocycles. The van der Waals surface area contributed by atoms with Crippen LogP contribution in [0.1, 0.15) is 16.5 Å². The van der Waals surface area contributed by atoms with Crippen molar-refractivity contribution in [3.05, 3.63) is 46.4 Å². The van der Waals surface area contributed by atoms with E-state index in [2.05, 4.69) is 9.72 Å². The Hall–Kier alpha value is -1.53. The monoisotopic (exact) mass is 271 g/mol. The van der Waals surface area contributed by atoms with E-state index in [4.69, 9.17) is 0 Å². The number of hydrogen-bond acceptors (Lipinski definition) is 4. The maximum absolute atomic E-state index is 12.1. The average molecular weight is 271 g/mol. The summed E-state index contributed by atoms with van der Waals surface area (Å²) in [7, 11) is 0. The van der Waals surface area contributed by atoms with E-state index in [-0.39, 0.29) is 5.75 Å². The summed E-state index contributed by atoms with van der Waals surface area (Å²) in [6.07, 6.45) is 1.32. The molecule has 0 spiro atoms. The van der Waals surface area contributed by atoms with Crippen LogP contribution in [-0.2, 0) is 6.42 Å². The molecule has 1 unspecified atom stereocenters. The van der Waals surface area contributed by atoms with Crippen LogP contribution in [-0.4, -0.2) is 16.7 Å². The molecule has 0 aliphatic carbocycles. The molecule has 3 nitrogen and oxygen atoms in total. The second-order valence-corrected chi connectivity index (χ2v) is 4.61. The highest BCUT2D eigenvalue weighted by Crippen LogP contribution is 2.24. The second kappa shape index (κ2) is 5.88. The smallest absolute Gasteiger partial charge is 0.387 e. The fourth-order valence-corrected chi connectivity index (χ4v) is 2.18. The van der Waals surface area contributed by atoms with Gasteiger partial charge in [-0.15, -0.1) is 11.3 Å². The maximum atomic E-state index is 12.1. The molecule has 0 aliphatic heterocycles. The zero-order valence-corrected chi connectivity index (χ0v) is 10.1. The van der Waals surface area contributed by atoms with E-state index in [1.54, 1.807) is 23.8 Å². The molecule has 0 saturated carbocycles. The summed E-state index contributed by atoms with van der Waals surface area (Å²) in [5.41, 5.74) is 2.22. The fourth-order valence-electron chi connectivity index (χ4n) is 1.55. The molecule has 0 saturated heterocycles. The Morgan fingerprint density at radius 2 is 2.22 bits per heavy atom. The van der Waals surface area contributed by atoms with Crippen molar-refractivity contribution in [3.8, 4) is 5.75 Å². The molecule has 0 amide bonds. The van der Waals surface area contributed by atoms with Crippen LogP contribution in [0, 0.1) is 0 Å². The van der Waals surface area contributed by atoms with Crippen molar-refractivity contribution < 1.29 is 18.6 Å². The molecule has 0 bridgehead atoms. The minimum atomic E-state index is -2.86. The van der Waals surface area contributed by atoms with E-state index < -0.39 is 12.7 Å². The second-order valence-electron chi connectivity index (χ2n) is 3.64. The Labute approximate surface area is 107 Å². The van der Waals surface area contributed by atoms with E-state index in [1.807, 2.05) is 0 Å². The Morgan fingerprint density at radius 1 is 1.39 bits per heavy atom. The van der Waals surface area contributed by atoms with Crippen molar-refractivity contribution in [3.63, 3.8) is 0 Å². The molecule has 0 radical (unpaired) electrons. The number of alkyl halides is 2. The topological polar surface area (TPSA) is 42.4 Å². The molecular weight excluding hydrogens is 260 g/mol. The van der Waals surface area contributed by atoms with E-state index in [0.29, 0.717) is 12.0 Å². The van der Waals surface area contributed by atoms with Crippen LogP contribution in [0.25, 0.3) is 0 Å². The molecule has 18 heavy (non-hydrogen) atoms. The van der Waals surface area contributed by atoms with Gasteiger partial charge in [0.15, 0.2) is 0 Å². The molecule has 1 atom stereocenters. The molecule has 6 heteroatoms. The lowest BCUT2D eigenvalue weighted by molar-refractivity contribution is -0.0499. The predicted molar refractivity (Wildman–Crippen MR) is 63.9 cm³/mol. The summed E-state index contributed by atoms with van der Waals surface area (Å²) in [4.78, 5) is 4.84. The molecule has 1 aromatic carbocycles. The zero-order chi connectivity index (χ0) is 13.0. The van der Waals surface area contributed by atoms with Crippen molar-refractivity contribution in [2.75, 3.05) is 0 Å². The highest BCUT2D eigenvalue weighted by molar-refractivity contribution is 7.09. The lowest BCUT2D eigenvalue weighted by Gasteiger charge is -2.11. The number of hydrogen-bond donors (Lipinski definition) is 1. The first kappa shape index (κ1) is 12.9. The molecule has 0 aliphatic rings. The molecule has 96 valence electrons. The van der Waals surface area contributed by atoms with Gasteiger partial charge < -0.3 is 9.84 Å². The summed E-state index contributed by atoms with van der Waals surface area (Å²) in [5.74, 6) is 0.0471. The highest BCUT2D eigenvalue weighted by atomic mass is 32.1. The van der Waals surface area contributed by atoms with Gasteiger partial charge in [-0.2, -0.15) is 8.78 Å². The van der Waals surface area contributed by atoms with Crippen LogP contribution in [0.2, 0.25) is 0 Å². The molecule has 1 N–H and O–H groups in total. The van der Waals surface area contributed by atoms with Crippen molar-refractivity contribution in [2.24, 2.45) is 0 Å². The third-order valence-electron chi connectivity index (χ3n) is 2.35. The Bertz CT molecular complexity index is 491. The Kier molecular flexibility index (Phi) is 4.22. The van der Waals surface area contributed by atoms with Gasteiger partial charge in [-0.1, -0.05) is 12.1 Å². The predicted octanol–water partition coefficient (Wildman–Crippen LogP) is 3.02. The molecule has 2 rings (SSSR count). The lowest BCUT2D eigenvalue weighted by Crippen LogP contribution is -2.04. The summed E-state index contributed by atoms with van der Waals surface area (Å²) in [6.45, 7) is -2.86. The van der Waals surface area contributed by atoms with Gasteiger partial charge in [-0.25, -0.2) is 0 Å². The fraction of sp³-hybridized carbons (Fsp3) is 0.250. The van der Waals surface area contributed by atoms with Gasteiger partial charge in [0, 0.05) is 17.5 Å². The minimum absolute atomic E-state index is 0.0471. The zero-order valence-electron chi connectivity index (χ0n) is 9.29. The van der Waals surface area contributed by atoms with Crippen molar-refractivity contribution >= 4 is 11.3 Å². The largest absolute Gasteiger partial charge is 0.435 e. The van der Waals surface area contributed by atoms with Gasteiger partial charge >= 0.3 is 6.61 Å². The normalized spacial score (nSPS) is 12.7. The van der Waals surface area contributed by atoms with Crippen LogP contribution in [0.3, 0.4) is 0 Å². The average Bonchev–Trinajstić information content (AvgIpc) is 2.81. The van der Waals surface area contributed by atoms with E-state index in [1.165, 1.54) is 23.5 Å². The standard InChI is InChI=1S/C12H11F2NO2S/c13-12(14)17-9-3-1-2-8(4-9)11(16)5-10-6-15-7-18-10/h1-4,6-7,11-12,16H,5H2. The minimum Gasteiger partial charge on any atom is -0.435 e. The van der Waals surface area contributed by atoms with E-state index in [0.717, 1.165) is 4.88 Å². The molecule has 2 aromatic rings. The number of aliphatic hydroxyl groups is 1. The van der Waals surface area contributed by atoms with Crippen LogP contribution in [0.5, 0.6) is 5.75 Å². The first-order valence-electron chi connectivity index (χ1n) is 5.25. The number of aromatic nitrogens is 1. The molecule has 0 fully saturated rings. The summed E-state index contributed by atoms with van der Waals surface area (Å²) in [5, 5.41) is 9.99. The SMILES string of the molecule is OC(Cc1cncs1)c1cccc(OC(F)F)c1. The number of aliphatic hydroxyl groups excluding tert-OH is 1. The third-order valence-corrected chi connectivity index (χ3v) is 3.15. The van der Waals surface area contributed by atoms with E-state index in [9.17, 15) is 13.9 Å². The molecular formula is C12H11F2NO2S. The van der Waals surface area contributed by atoms with Gasteiger partial charge in [0.25, 0.3) is 0 Å². The van der Waals surface area contributed by atoms with Crippen LogP contribution >= 0.6 is 11.3 Å². The summed E-state index contributed by atoms with van der Waals surface area (Å²) >= 11 is 1.44. The summed E-state index contributed by atoms with van der Waals surface area (Å²) in [6, 6.07) is 6.08. The number of nitrogens with zero attached hydrogens (tertiary/aromatic N) is 1. The lowest BCUT2D eigenvalue weighted by atomic mass is 10.1. The first-order valence-corrected chi connectivity index (χ1v) is 6.13. The molecule has 1 heterocycles. The number of ether oxygens (including phenoxy) is 1. The Morgan fingerprint density at radius 3 is 2.89 bits per heavy atom. The number of halogens is 2. The third kappa shape index (κ3) is 3.48. The van der Waals surface area contributed by atoms with Crippen molar-refractivity contribution in [1.29, 1.82) is 0 Å². The quantitative estimate of drug-likeness (QED) is 0.909. The van der Waals surface area contributed by atoms with Gasteiger partial charge in [0.05, 0.1) is 11.6 Å². The number of thiazole rings is 1. The van der Waals surface area contributed by atoms with Gasteiger partial charge in [-0.3, -0.25) is 4.98 Å². The number of rotatable bonds is 5. The van der Waals surface area contributed by atoms with Crippen LogP contribution in [0.4, 0.5) is 8.78 Å². The van der Waals surface area contributed by atoms with Gasteiger partial charge in [0.2, 0.25) is 0 Å². The maximum Gasteiger partial charge on any atom is 0.387 e. The van der Waals surface area contributed by atoms with Gasteiger partial charge in [0.1, 0.15) is 5.75 Å². The van der Waals surface area contributed by atoms with Gasteiger partial charge in [-0.05, 0) is 17.7 Å².